The Hall–Kier alpha value is -2.02. The third kappa shape index (κ3) is 1.52. The molecule has 7 heteroatoms. The zero-order valence-corrected chi connectivity index (χ0v) is 8.32. The standard InChI is InChI=1S/C8H6N6S/c1-2-6-7(10-4-9-6)3-5(1)11-8-12-13-14-15-8/h1-4H,(H,9,10)(H,11,12,14). The molecule has 3 aromatic rings. The number of aromatic nitrogens is 5. The van der Waals surface area contributed by atoms with Gasteiger partial charge in [0.1, 0.15) is 0 Å². The van der Waals surface area contributed by atoms with Gasteiger partial charge in [-0.25, -0.2) is 4.98 Å². The zero-order chi connectivity index (χ0) is 10.1. The van der Waals surface area contributed by atoms with Crippen LogP contribution in [-0.4, -0.2) is 24.8 Å². The number of hydrogen-bond donors (Lipinski definition) is 2. The number of rotatable bonds is 2. The molecule has 74 valence electrons. The quantitative estimate of drug-likeness (QED) is 0.682. The molecular formula is C8H6N6S. The van der Waals surface area contributed by atoms with E-state index in [1.165, 1.54) is 11.5 Å². The third-order valence-corrected chi connectivity index (χ3v) is 2.48. The van der Waals surface area contributed by atoms with Crippen molar-refractivity contribution < 1.29 is 0 Å². The van der Waals surface area contributed by atoms with Crippen LogP contribution in [0.2, 0.25) is 0 Å². The first-order valence-electron chi connectivity index (χ1n) is 4.27. The van der Waals surface area contributed by atoms with Crippen LogP contribution >= 0.6 is 11.5 Å². The normalized spacial score (nSPS) is 10.7. The predicted octanol–water partition coefficient (Wildman–Crippen LogP) is 1.55. The summed E-state index contributed by atoms with van der Waals surface area (Å²) in [5.41, 5.74) is 2.86. The highest BCUT2D eigenvalue weighted by Gasteiger charge is 2.01. The van der Waals surface area contributed by atoms with Crippen LogP contribution in [0.5, 0.6) is 0 Å². The van der Waals surface area contributed by atoms with Gasteiger partial charge in [-0.05, 0) is 23.4 Å². The predicted molar refractivity (Wildman–Crippen MR) is 57.1 cm³/mol. The lowest BCUT2D eigenvalue weighted by molar-refractivity contribution is 0.961. The Morgan fingerprint density at radius 3 is 3.20 bits per heavy atom. The Bertz CT molecular complexity index is 572. The lowest BCUT2D eigenvalue weighted by Gasteiger charge is -1.99. The average Bonchev–Trinajstić information content (AvgIpc) is 2.87. The Balaban J connectivity index is 1.97. The van der Waals surface area contributed by atoms with Crippen molar-refractivity contribution in [2.24, 2.45) is 0 Å². The molecule has 0 saturated carbocycles. The van der Waals surface area contributed by atoms with E-state index in [2.05, 4.69) is 30.1 Å². The lowest BCUT2D eigenvalue weighted by atomic mass is 10.3. The molecule has 0 amide bonds. The number of hydrogen-bond acceptors (Lipinski definition) is 6. The van der Waals surface area contributed by atoms with Gasteiger partial charge >= 0.3 is 0 Å². The van der Waals surface area contributed by atoms with Gasteiger partial charge in [-0.1, -0.05) is 9.59 Å². The van der Waals surface area contributed by atoms with Crippen LogP contribution in [-0.2, 0) is 0 Å². The number of aromatic amines is 1. The second kappa shape index (κ2) is 3.28. The highest BCUT2D eigenvalue weighted by Crippen LogP contribution is 2.19. The average molecular weight is 218 g/mol. The van der Waals surface area contributed by atoms with Crippen molar-refractivity contribution in [1.29, 1.82) is 0 Å². The molecule has 15 heavy (non-hydrogen) atoms. The topological polar surface area (TPSA) is 79.4 Å². The van der Waals surface area contributed by atoms with E-state index in [-0.39, 0.29) is 0 Å². The Morgan fingerprint density at radius 2 is 2.33 bits per heavy atom. The third-order valence-electron chi connectivity index (χ3n) is 1.97. The Morgan fingerprint density at radius 1 is 1.33 bits per heavy atom. The van der Waals surface area contributed by atoms with Crippen LogP contribution in [0, 0.1) is 0 Å². The summed E-state index contributed by atoms with van der Waals surface area (Å²) in [7, 11) is 0. The fraction of sp³-hybridized carbons (Fsp3) is 0. The molecule has 0 atom stereocenters. The van der Waals surface area contributed by atoms with Crippen molar-refractivity contribution in [3.8, 4) is 0 Å². The van der Waals surface area contributed by atoms with Crippen molar-refractivity contribution in [3.05, 3.63) is 24.5 Å². The first kappa shape index (κ1) is 8.30. The number of fused-ring (bicyclic) bond motifs is 1. The maximum Gasteiger partial charge on any atom is 0.229 e. The Labute approximate surface area is 88.5 Å². The number of nitrogens with one attached hydrogen (secondary N) is 2. The summed E-state index contributed by atoms with van der Waals surface area (Å²) in [5, 5.41) is 11.1. The van der Waals surface area contributed by atoms with Crippen LogP contribution in [0.3, 0.4) is 0 Å². The molecule has 0 unspecified atom stereocenters. The van der Waals surface area contributed by atoms with Gasteiger partial charge in [0.05, 0.1) is 17.4 Å². The highest BCUT2D eigenvalue weighted by atomic mass is 32.1. The molecule has 0 aliphatic carbocycles. The molecule has 0 bridgehead atoms. The van der Waals surface area contributed by atoms with Crippen LogP contribution in [0.25, 0.3) is 11.0 Å². The van der Waals surface area contributed by atoms with Crippen molar-refractivity contribution in [2.75, 3.05) is 5.32 Å². The largest absolute Gasteiger partial charge is 0.345 e. The minimum atomic E-state index is 0.675. The summed E-state index contributed by atoms with van der Waals surface area (Å²) >= 11 is 1.22. The monoisotopic (exact) mass is 218 g/mol. The SMILES string of the molecule is c1nc2ccc(Nc3nnns3)cc2[nH]1. The van der Waals surface area contributed by atoms with E-state index < -0.39 is 0 Å². The molecule has 0 spiro atoms. The molecule has 0 fully saturated rings. The summed E-state index contributed by atoms with van der Waals surface area (Å²) in [6.07, 6.45) is 1.67. The fourth-order valence-corrected chi connectivity index (χ4v) is 1.71. The summed E-state index contributed by atoms with van der Waals surface area (Å²) in [4.78, 5) is 7.18. The van der Waals surface area contributed by atoms with Gasteiger partial charge in [0.2, 0.25) is 5.13 Å². The molecule has 2 N–H and O–H groups in total. The van der Waals surface area contributed by atoms with Gasteiger partial charge in [0.25, 0.3) is 0 Å². The summed E-state index contributed by atoms with van der Waals surface area (Å²) in [6.45, 7) is 0. The number of anilines is 2. The zero-order valence-electron chi connectivity index (χ0n) is 7.51. The lowest BCUT2D eigenvalue weighted by Crippen LogP contribution is -1.89. The van der Waals surface area contributed by atoms with E-state index in [0.29, 0.717) is 5.13 Å². The fourth-order valence-electron chi connectivity index (χ4n) is 1.32. The van der Waals surface area contributed by atoms with Crippen molar-refractivity contribution in [2.45, 2.75) is 0 Å². The van der Waals surface area contributed by atoms with Gasteiger partial charge in [-0.15, -0.1) is 0 Å². The van der Waals surface area contributed by atoms with Crippen LogP contribution in [0.15, 0.2) is 24.5 Å². The van der Waals surface area contributed by atoms with E-state index in [1.54, 1.807) is 6.33 Å². The smallest absolute Gasteiger partial charge is 0.229 e. The maximum absolute atomic E-state index is 4.14. The molecule has 0 saturated heterocycles. The van der Waals surface area contributed by atoms with Crippen molar-refractivity contribution in [3.63, 3.8) is 0 Å². The van der Waals surface area contributed by atoms with Crippen molar-refractivity contribution >= 4 is 33.4 Å². The summed E-state index contributed by atoms with van der Waals surface area (Å²) < 4.78 is 3.67. The second-order valence-electron chi connectivity index (χ2n) is 2.93. The van der Waals surface area contributed by atoms with E-state index in [0.717, 1.165) is 16.7 Å². The molecule has 2 heterocycles. The van der Waals surface area contributed by atoms with Gasteiger partial charge in [-0.2, -0.15) is 0 Å². The molecular weight excluding hydrogens is 212 g/mol. The van der Waals surface area contributed by atoms with Crippen molar-refractivity contribution in [1.82, 2.24) is 24.8 Å². The number of benzene rings is 1. The van der Waals surface area contributed by atoms with Crippen LogP contribution in [0.1, 0.15) is 0 Å². The maximum atomic E-state index is 4.14. The highest BCUT2D eigenvalue weighted by molar-refractivity contribution is 7.09. The van der Waals surface area contributed by atoms with Crippen LogP contribution < -0.4 is 5.32 Å². The van der Waals surface area contributed by atoms with E-state index in [1.807, 2.05) is 18.2 Å². The molecule has 6 nitrogen and oxygen atoms in total. The summed E-state index contributed by atoms with van der Waals surface area (Å²) in [5.74, 6) is 0. The number of imidazole rings is 1. The first-order chi connectivity index (χ1) is 7.42. The molecule has 3 rings (SSSR count). The second-order valence-corrected chi connectivity index (χ2v) is 3.66. The molecule has 0 aliphatic heterocycles. The van der Waals surface area contributed by atoms with E-state index in [4.69, 9.17) is 0 Å². The summed E-state index contributed by atoms with van der Waals surface area (Å²) in [6, 6.07) is 5.83. The number of H-pyrrole nitrogens is 1. The minimum Gasteiger partial charge on any atom is -0.345 e. The van der Waals surface area contributed by atoms with Gasteiger partial charge in [-0.3, -0.25) is 0 Å². The molecule has 0 aliphatic rings. The molecule has 0 radical (unpaired) electrons. The Kier molecular flexibility index (Phi) is 1.82. The van der Waals surface area contributed by atoms with E-state index >= 15 is 0 Å². The first-order valence-corrected chi connectivity index (χ1v) is 5.04. The molecule has 1 aromatic carbocycles. The van der Waals surface area contributed by atoms with Gasteiger partial charge < -0.3 is 10.3 Å². The number of nitrogens with zero attached hydrogens (tertiary/aromatic N) is 4. The van der Waals surface area contributed by atoms with E-state index in [9.17, 15) is 0 Å². The molecule has 2 aromatic heterocycles. The van der Waals surface area contributed by atoms with Gasteiger partial charge in [0, 0.05) is 17.2 Å². The van der Waals surface area contributed by atoms with Crippen LogP contribution in [0.4, 0.5) is 10.8 Å². The minimum absolute atomic E-state index is 0.675. The van der Waals surface area contributed by atoms with Gasteiger partial charge in [0.15, 0.2) is 0 Å².